The van der Waals surface area contributed by atoms with Crippen LogP contribution in [0.25, 0.3) is 0 Å². The molecule has 1 heterocycles. The fourth-order valence-electron chi connectivity index (χ4n) is 2.38. The molecule has 0 saturated heterocycles. The van der Waals surface area contributed by atoms with E-state index in [9.17, 15) is 9.59 Å². The number of hydrogen-bond donors (Lipinski definition) is 2. The SMILES string of the molecule is CC[C@@H](C)NC(=O)c1ccc(OCc2nnc(C(=O)Nc3ccc(Cl)cc3)s2)cc1. The average Bonchev–Trinajstić information content (AvgIpc) is 3.23. The highest BCUT2D eigenvalue weighted by Crippen LogP contribution is 2.18. The first-order valence-corrected chi connectivity index (χ1v) is 10.6. The quantitative estimate of drug-likeness (QED) is 0.531. The van der Waals surface area contributed by atoms with Crippen LogP contribution in [-0.2, 0) is 6.61 Å². The van der Waals surface area contributed by atoms with Gasteiger partial charge < -0.3 is 15.4 Å². The van der Waals surface area contributed by atoms with Gasteiger partial charge in [-0.3, -0.25) is 9.59 Å². The van der Waals surface area contributed by atoms with E-state index in [2.05, 4.69) is 20.8 Å². The smallest absolute Gasteiger partial charge is 0.286 e. The minimum atomic E-state index is -0.349. The number of nitrogens with one attached hydrogen (secondary N) is 2. The molecule has 9 heteroatoms. The Balaban J connectivity index is 1.53. The summed E-state index contributed by atoms with van der Waals surface area (Å²) in [7, 11) is 0. The Morgan fingerprint density at radius 3 is 2.43 bits per heavy atom. The Morgan fingerprint density at radius 2 is 1.77 bits per heavy atom. The Bertz CT molecular complexity index is 1010. The van der Waals surface area contributed by atoms with Crippen LogP contribution in [-0.4, -0.2) is 28.1 Å². The zero-order chi connectivity index (χ0) is 21.5. The Hall–Kier alpha value is -2.97. The van der Waals surface area contributed by atoms with Gasteiger partial charge in [0.15, 0.2) is 5.01 Å². The summed E-state index contributed by atoms with van der Waals surface area (Å²) in [4.78, 5) is 24.4. The van der Waals surface area contributed by atoms with Gasteiger partial charge in [0.25, 0.3) is 11.8 Å². The van der Waals surface area contributed by atoms with E-state index in [1.807, 2.05) is 13.8 Å². The van der Waals surface area contributed by atoms with Gasteiger partial charge in [-0.05, 0) is 61.9 Å². The Kier molecular flexibility index (Phi) is 7.37. The highest BCUT2D eigenvalue weighted by molar-refractivity contribution is 7.13. The maximum atomic E-state index is 12.3. The number of hydrogen-bond acceptors (Lipinski definition) is 6. The first-order chi connectivity index (χ1) is 14.4. The van der Waals surface area contributed by atoms with E-state index in [4.69, 9.17) is 16.3 Å². The van der Waals surface area contributed by atoms with Crippen LogP contribution in [0.2, 0.25) is 5.02 Å². The lowest BCUT2D eigenvalue weighted by Crippen LogP contribution is -2.31. The van der Waals surface area contributed by atoms with Crippen LogP contribution in [0.5, 0.6) is 5.75 Å². The number of halogens is 1. The van der Waals surface area contributed by atoms with Crippen molar-refractivity contribution in [1.29, 1.82) is 0 Å². The molecule has 7 nitrogen and oxygen atoms in total. The van der Waals surface area contributed by atoms with Crippen molar-refractivity contribution in [2.24, 2.45) is 0 Å². The summed E-state index contributed by atoms with van der Waals surface area (Å²) >= 11 is 6.99. The molecule has 2 aromatic carbocycles. The zero-order valence-corrected chi connectivity index (χ0v) is 18.1. The number of aromatic nitrogens is 2. The number of carbonyl (C=O) groups excluding carboxylic acids is 2. The molecule has 0 aliphatic carbocycles. The fourth-order valence-corrected chi connectivity index (χ4v) is 3.15. The molecule has 3 rings (SSSR count). The average molecular weight is 445 g/mol. The van der Waals surface area contributed by atoms with Crippen LogP contribution in [0.15, 0.2) is 48.5 Å². The maximum absolute atomic E-state index is 12.3. The van der Waals surface area contributed by atoms with Crippen molar-refractivity contribution in [3.63, 3.8) is 0 Å². The van der Waals surface area contributed by atoms with E-state index < -0.39 is 0 Å². The van der Waals surface area contributed by atoms with Crippen LogP contribution in [0.4, 0.5) is 5.69 Å². The minimum Gasteiger partial charge on any atom is -0.486 e. The summed E-state index contributed by atoms with van der Waals surface area (Å²) in [5.41, 5.74) is 1.19. The zero-order valence-electron chi connectivity index (χ0n) is 16.5. The summed E-state index contributed by atoms with van der Waals surface area (Å²) < 4.78 is 5.68. The monoisotopic (exact) mass is 444 g/mol. The van der Waals surface area contributed by atoms with Crippen molar-refractivity contribution in [2.75, 3.05) is 5.32 Å². The van der Waals surface area contributed by atoms with Crippen LogP contribution >= 0.6 is 22.9 Å². The number of rotatable bonds is 8. The van der Waals surface area contributed by atoms with E-state index in [-0.39, 0.29) is 29.5 Å². The topological polar surface area (TPSA) is 93.2 Å². The number of amides is 2. The highest BCUT2D eigenvalue weighted by atomic mass is 35.5. The van der Waals surface area contributed by atoms with Gasteiger partial charge in [0.05, 0.1) is 0 Å². The van der Waals surface area contributed by atoms with Gasteiger partial charge in [0, 0.05) is 22.3 Å². The first-order valence-electron chi connectivity index (χ1n) is 9.37. The van der Waals surface area contributed by atoms with E-state index in [1.54, 1.807) is 48.5 Å². The van der Waals surface area contributed by atoms with Gasteiger partial charge in [0.1, 0.15) is 12.4 Å². The summed E-state index contributed by atoms with van der Waals surface area (Å²) in [6.07, 6.45) is 0.870. The molecule has 3 aromatic rings. The second kappa shape index (κ2) is 10.2. The Morgan fingerprint density at radius 1 is 1.07 bits per heavy atom. The molecule has 0 unspecified atom stereocenters. The van der Waals surface area contributed by atoms with Gasteiger partial charge >= 0.3 is 0 Å². The van der Waals surface area contributed by atoms with Crippen molar-refractivity contribution in [3.8, 4) is 5.75 Å². The van der Waals surface area contributed by atoms with Crippen LogP contribution in [0, 0.1) is 0 Å². The van der Waals surface area contributed by atoms with Crippen LogP contribution in [0.3, 0.4) is 0 Å². The summed E-state index contributed by atoms with van der Waals surface area (Å²) in [6.45, 7) is 4.15. The molecule has 0 fully saturated rings. The van der Waals surface area contributed by atoms with Gasteiger partial charge in [-0.15, -0.1) is 10.2 Å². The molecule has 0 aliphatic rings. The van der Waals surface area contributed by atoms with Gasteiger partial charge in [0.2, 0.25) is 5.01 Å². The lowest BCUT2D eigenvalue weighted by atomic mass is 10.2. The third-order valence-electron chi connectivity index (χ3n) is 4.23. The van der Waals surface area contributed by atoms with Crippen molar-refractivity contribution >= 4 is 40.4 Å². The molecule has 156 valence electrons. The molecule has 1 atom stereocenters. The largest absolute Gasteiger partial charge is 0.486 e. The van der Waals surface area contributed by atoms with Crippen molar-refractivity contribution in [3.05, 3.63) is 69.1 Å². The van der Waals surface area contributed by atoms with Crippen molar-refractivity contribution in [1.82, 2.24) is 15.5 Å². The van der Waals surface area contributed by atoms with Crippen LogP contribution in [0.1, 0.15) is 45.4 Å². The second-order valence-corrected chi connectivity index (χ2v) is 8.06. The number of nitrogens with zero attached hydrogens (tertiary/aromatic N) is 2. The van der Waals surface area contributed by atoms with E-state index >= 15 is 0 Å². The maximum Gasteiger partial charge on any atom is 0.286 e. The highest BCUT2D eigenvalue weighted by Gasteiger charge is 2.14. The van der Waals surface area contributed by atoms with Crippen LogP contribution < -0.4 is 15.4 Å². The van der Waals surface area contributed by atoms with Crippen molar-refractivity contribution in [2.45, 2.75) is 32.9 Å². The van der Waals surface area contributed by atoms with E-state index in [0.717, 1.165) is 17.8 Å². The van der Waals surface area contributed by atoms with Gasteiger partial charge in [-0.2, -0.15) is 0 Å². The first kappa shape index (κ1) is 21.7. The van der Waals surface area contributed by atoms with E-state index in [1.165, 1.54) is 0 Å². The third-order valence-corrected chi connectivity index (χ3v) is 5.38. The fraction of sp³-hybridized carbons (Fsp3) is 0.238. The molecular formula is C21H21ClN4O3S. The lowest BCUT2D eigenvalue weighted by Gasteiger charge is -2.11. The van der Waals surface area contributed by atoms with E-state index in [0.29, 0.717) is 27.0 Å². The molecule has 0 bridgehead atoms. The Labute approximate surface area is 183 Å². The molecular weight excluding hydrogens is 424 g/mol. The standard InChI is InChI=1S/C21H21ClN4O3S/c1-3-13(2)23-19(27)14-4-10-17(11-5-14)29-12-18-25-26-21(30-18)20(28)24-16-8-6-15(22)7-9-16/h4-11,13H,3,12H2,1-2H3,(H,23,27)(H,24,28)/t13-/m1/s1. The normalized spacial score (nSPS) is 11.6. The molecule has 1 aromatic heterocycles. The second-order valence-electron chi connectivity index (χ2n) is 6.56. The number of carbonyl (C=O) groups is 2. The molecule has 0 saturated carbocycles. The lowest BCUT2D eigenvalue weighted by molar-refractivity contribution is 0.0938. The molecule has 0 spiro atoms. The molecule has 30 heavy (non-hydrogen) atoms. The summed E-state index contributed by atoms with van der Waals surface area (Å²) in [6, 6.07) is 13.8. The van der Waals surface area contributed by atoms with Gasteiger partial charge in [-0.1, -0.05) is 29.9 Å². The third kappa shape index (κ3) is 6.01. The number of benzene rings is 2. The summed E-state index contributed by atoms with van der Waals surface area (Å²) in [5, 5.41) is 15.0. The predicted molar refractivity (Wildman–Crippen MR) is 117 cm³/mol. The summed E-state index contributed by atoms with van der Waals surface area (Å²) in [5.74, 6) is 0.131. The van der Waals surface area contributed by atoms with Gasteiger partial charge in [-0.25, -0.2) is 0 Å². The number of ether oxygens (including phenoxy) is 1. The molecule has 2 amide bonds. The minimum absolute atomic E-state index is 0.114. The molecule has 0 radical (unpaired) electrons. The number of anilines is 1. The van der Waals surface area contributed by atoms with Crippen molar-refractivity contribution < 1.29 is 14.3 Å². The predicted octanol–water partition coefficient (Wildman–Crippen LogP) is 4.55. The molecule has 2 N–H and O–H groups in total. The molecule has 0 aliphatic heterocycles.